The highest BCUT2D eigenvalue weighted by Gasteiger charge is 2.19. The molecule has 0 aliphatic heterocycles. The number of nitrogens with one attached hydrogen (secondary N) is 1. The maximum atomic E-state index is 12.2. The third-order valence-electron chi connectivity index (χ3n) is 3.66. The molecule has 0 radical (unpaired) electrons. The van der Waals surface area contributed by atoms with Crippen LogP contribution in [0.5, 0.6) is 5.75 Å². The molecule has 0 saturated heterocycles. The van der Waals surface area contributed by atoms with Crippen molar-refractivity contribution in [2.45, 2.75) is 23.8 Å². The van der Waals surface area contributed by atoms with Gasteiger partial charge < -0.3 is 18.9 Å². The molecule has 1 atom stereocenters. The van der Waals surface area contributed by atoms with E-state index in [1.54, 1.807) is 26.2 Å². The minimum atomic E-state index is -0.351. The largest absolute Gasteiger partial charge is 0.497 e. The zero-order valence-electron chi connectivity index (χ0n) is 14.5. The summed E-state index contributed by atoms with van der Waals surface area (Å²) in [6.07, 6.45) is 2.28. The van der Waals surface area contributed by atoms with E-state index in [1.165, 1.54) is 18.0 Å². The predicted molar refractivity (Wildman–Crippen MR) is 97.0 cm³/mol. The van der Waals surface area contributed by atoms with E-state index < -0.39 is 0 Å². The Morgan fingerprint density at radius 3 is 2.77 bits per heavy atom. The Morgan fingerprint density at radius 1 is 1.27 bits per heavy atom. The van der Waals surface area contributed by atoms with Gasteiger partial charge in [-0.25, -0.2) is 0 Å². The molecule has 0 fully saturated rings. The number of rotatable bonds is 8. The van der Waals surface area contributed by atoms with Gasteiger partial charge in [0, 0.05) is 6.54 Å². The van der Waals surface area contributed by atoms with Crippen LogP contribution in [0.1, 0.15) is 12.5 Å². The predicted octanol–water partition coefficient (Wildman–Crippen LogP) is 3.18. The van der Waals surface area contributed by atoms with Gasteiger partial charge in [0.15, 0.2) is 5.76 Å². The van der Waals surface area contributed by atoms with E-state index in [0.717, 1.165) is 17.7 Å². The third-order valence-corrected chi connectivity index (χ3v) is 4.59. The molecule has 8 heteroatoms. The number of methoxy groups -OCH3 is 1. The topological polar surface area (TPSA) is 90.4 Å². The van der Waals surface area contributed by atoms with Gasteiger partial charge >= 0.3 is 0 Å². The van der Waals surface area contributed by atoms with Gasteiger partial charge in [0.2, 0.25) is 5.91 Å². The highest BCUT2D eigenvalue weighted by molar-refractivity contribution is 8.00. The molecule has 0 aliphatic carbocycles. The van der Waals surface area contributed by atoms with Crippen LogP contribution in [0.15, 0.2) is 56.7 Å². The number of nitrogens with zero attached hydrogens (tertiary/aromatic N) is 2. The van der Waals surface area contributed by atoms with Gasteiger partial charge in [0.05, 0.1) is 18.6 Å². The first-order valence-electron chi connectivity index (χ1n) is 8.10. The monoisotopic (exact) mass is 373 g/mol. The van der Waals surface area contributed by atoms with E-state index >= 15 is 0 Å². The first-order valence-corrected chi connectivity index (χ1v) is 8.98. The van der Waals surface area contributed by atoms with Gasteiger partial charge in [-0.1, -0.05) is 23.9 Å². The SMILES string of the molecule is COc1ccc(CCNC(=O)[C@@H](C)Sc2nnc(-c3ccco3)o2)cc1. The normalized spacial score (nSPS) is 11.9. The maximum absolute atomic E-state index is 12.2. The first-order chi connectivity index (χ1) is 12.7. The van der Waals surface area contributed by atoms with Crippen LogP contribution >= 0.6 is 11.8 Å². The van der Waals surface area contributed by atoms with Crippen molar-refractivity contribution in [1.29, 1.82) is 0 Å². The lowest BCUT2D eigenvalue weighted by molar-refractivity contribution is -0.120. The van der Waals surface area contributed by atoms with Gasteiger partial charge in [0.1, 0.15) is 5.75 Å². The maximum Gasteiger partial charge on any atom is 0.284 e. The first kappa shape index (κ1) is 18.1. The van der Waals surface area contributed by atoms with Crippen LogP contribution < -0.4 is 10.1 Å². The lowest BCUT2D eigenvalue weighted by atomic mass is 10.1. The average Bonchev–Trinajstić information content (AvgIpc) is 3.33. The Balaban J connectivity index is 1.45. The van der Waals surface area contributed by atoms with E-state index in [4.69, 9.17) is 13.6 Å². The summed E-state index contributed by atoms with van der Waals surface area (Å²) >= 11 is 1.21. The lowest BCUT2D eigenvalue weighted by Gasteiger charge is -2.10. The van der Waals surface area contributed by atoms with Crippen LogP contribution in [0.25, 0.3) is 11.7 Å². The molecule has 26 heavy (non-hydrogen) atoms. The molecule has 136 valence electrons. The van der Waals surface area contributed by atoms with E-state index in [9.17, 15) is 4.79 Å². The number of hydrogen-bond donors (Lipinski definition) is 1. The Labute approximate surface area is 155 Å². The van der Waals surface area contributed by atoms with Gasteiger partial charge in [-0.3, -0.25) is 4.79 Å². The molecule has 3 rings (SSSR count). The molecule has 7 nitrogen and oxygen atoms in total. The van der Waals surface area contributed by atoms with E-state index in [-0.39, 0.29) is 11.2 Å². The molecule has 3 aromatic rings. The number of benzene rings is 1. The molecular weight excluding hydrogens is 354 g/mol. The van der Waals surface area contributed by atoms with Crippen LogP contribution in [-0.4, -0.2) is 35.0 Å². The molecule has 0 unspecified atom stereocenters. The van der Waals surface area contributed by atoms with Gasteiger partial charge in [-0.15, -0.1) is 10.2 Å². The second-order valence-corrected chi connectivity index (χ2v) is 6.79. The lowest BCUT2D eigenvalue weighted by Crippen LogP contribution is -2.32. The van der Waals surface area contributed by atoms with Gasteiger partial charge in [-0.2, -0.15) is 0 Å². The summed E-state index contributed by atoms with van der Waals surface area (Å²) in [6, 6.07) is 11.3. The van der Waals surface area contributed by atoms with Gasteiger partial charge in [0.25, 0.3) is 11.1 Å². The summed E-state index contributed by atoms with van der Waals surface area (Å²) in [7, 11) is 1.63. The van der Waals surface area contributed by atoms with Crippen molar-refractivity contribution in [3.05, 3.63) is 48.2 Å². The smallest absolute Gasteiger partial charge is 0.284 e. The fraction of sp³-hybridized carbons (Fsp3) is 0.278. The summed E-state index contributed by atoms with van der Waals surface area (Å²) < 4.78 is 15.8. The van der Waals surface area contributed by atoms with Crippen molar-refractivity contribution in [2.75, 3.05) is 13.7 Å². The number of amides is 1. The zero-order valence-corrected chi connectivity index (χ0v) is 15.3. The molecule has 0 bridgehead atoms. The molecule has 2 heterocycles. The summed E-state index contributed by atoms with van der Waals surface area (Å²) in [5.41, 5.74) is 1.13. The molecule has 0 spiro atoms. The summed E-state index contributed by atoms with van der Waals surface area (Å²) in [5.74, 6) is 1.53. The fourth-order valence-corrected chi connectivity index (χ4v) is 2.94. The number of ether oxygens (including phenoxy) is 1. The van der Waals surface area contributed by atoms with Crippen molar-refractivity contribution in [3.8, 4) is 17.4 Å². The van der Waals surface area contributed by atoms with Crippen molar-refractivity contribution in [2.24, 2.45) is 0 Å². The van der Waals surface area contributed by atoms with Crippen molar-refractivity contribution >= 4 is 17.7 Å². The summed E-state index contributed by atoms with van der Waals surface area (Å²) in [6.45, 7) is 2.35. The van der Waals surface area contributed by atoms with Crippen LogP contribution in [0, 0.1) is 0 Å². The number of furan rings is 1. The highest BCUT2D eigenvalue weighted by atomic mass is 32.2. The minimum Gasteiger partial charge on any atom is -0.497 e. The second-order valence-electron chi connectivity index (χ2n) is 5.50. The fourth-order valence-electron chi connectivity index (χ4n) is 2.23. The zero-order chi connectivity index (χ0) is 18.4. The summed E-state index contributed by atoms with van der Waals surface area (Å²) in [4.78, 5) is 12.2. The van der Waals surface area contributed by atoms with E-state index in [1.807, 2.05) is 24.3 Å². The molecule has 1 amide bonds. The number of thioether (sulfide) groups is 1. The molecular formula is C18H19N3O4S. The van der Waals surface area contributed by atoms with Crippen LogP contribution in [-0.2, 0) is 11.2 Å². The summed E-state index contributed by atoms with van der Waals surface area (Å²) in [5, 5.41) is 10.7. The standard InChI is InChI=1S/C18H19N3O4S/c1-12(26-18-21-20-17(25-18)15-4-3-11-24-15)16(22)19-10-9-13-5-7-14(23-2)8-6-13/h3-8,11-12H,9-10H2,1-2H3,(H,19,22)/t12-/m1/s1. The highest BCUT2D eigenvalue weighted by Crippen LogP contribution is 2.26. The van der Waals surface area contributed by atoms with Gasteiger partial charge in [-0.05, 0) is 43.2 Å². The molecule has 1 aromatic carbocycles. The van der Waals surface area contributed by atoms with Crippen molar-refractivity contribution in [1.82, 2.24) is 15.5 Å². The van der Waals surface area contributed by atoms with E-state index in [2.05, 4.69) is 15.5 Å². The Hall–Kier alpha value is -2.74. The van der Waals surface area contributed by atoms with Crippen LogP contribution in [0.4, 0.5) is 0 Å². The van der Waals surface area contributed by atoms with Crippen LogP contribution in [0.2, 0.25) is 0 Å². The Kier molecular flexibility index (Phi) is 5.96. The molecule has 0 saturated carbocycles. The Bertz CT molecular complexity index is 831. The molecule has 1 N–H and O–H groups in total. The quantitative estimate of drug-likeness (QED) is 0.606. The van der Waals surface area contributed by atoms with Crippen molar-refractivity contribution in [3.63, 3.8) is 0 Å². The average molecular weight is 373 g/mol. The Morgan fingerprint density at radius 2 is 2.08 bits per heavy atom. The second kappa shape index (κ2) is 8.57. The number of aromatic nitrogens is 2. The molecule has 2 aromatic heterocycles. The number of carbonyl (C=O) groups is 1. The third kappa shape index (κ3) is 4.66. The van der Waals surface area contributed by atoms with Crippen LogP contribution in [0.3, 0.4) is 0 Å². The number of hydrogen-bond acceptors (Lipinski definition) is 7. The van der Waals surface area contributed by atoms with E-state index in [0.29, 0.717) is 23.4 Å². The minimum absolute atomic E-state index is 0.0822. The number of carbonyl (C=O) groups excluding carboxylic acids is 1. The molecule has 0 aliphatic rings. The van der Waals surface area contributed by atoms with Crippen molar-refractivity contribution < 1.29 is 18.4 Å².